The molecule has 0 aliphatic carbocycles. The summed E-state index contributed by atoms with van der Waals surface area (Å²) in [5.74, 6) is 2.25. The molecule has 1 aliphatic rings. The van der Waals surface area contributed by atoms with Crippen LogP contribution in [0.2, 0.25) is 0 Å². The summed E-state index contributed by atoms with van der Waals surface area (Å²) in [6.07, 6.45) is 0. The Morgan fingerprint density at radius 2 is 2.04 bits per heavy atom. The van der Waals surface area contributed by atoms with E-state index in [1.54, 1.807) is 18.4 Å². The summed E-state index contributed by atoms with van der Waals surface area (Å²) >= 11 is 1.62. The second-order valence-corrected chi connectivity index (χ2v) is 6.90. The molecule has 3 heterocycles. The minimum Gasteiger partial charge on any atom is -0.497 e. The molecule has 0 radical (unpaired) electrons. The van der Waals surface area contributed by atoms with Gasteiger partial charge in [0.15, 0.2) is 0 Å². The molecule has 130 valence electrons. The molecule has 0 N–H and O–H groups in total. The fourth-order valence-electron chi connectivity index (χ4n) is 2.99. The molecule has 0 unspecified atom stereocenters. The lowest BCUT2D eigenvalue weighted by Crippen LogP contribution is -2.46. The van der Waals surface area contributed by atoms with Gasteiger partial charge in [-0.25, -0.2) is 0 Å². The number of piperazine rings is 1. The number of anilines is 1. The van der Waals surface area contributed by atoms with E-state index in [0.29, 0.717) is 18.3 Å². The third-order valence-corrected chi connectivity index (χ3v) is 5.23. The molecule has 7 heteroatoms. The number of hydrogen-bond donors (Lipinski definition) is 0. The molecule has 0 amide bonds. The standard InChI is InChI=1S/C18H20N4O2S/c1-23-15-5-2-4-14(12-15)22-9-7-21(8-10-22)13-17-19-18(20-24-17)16-6-3-11-25-16/h2-6,11-12H,7-10,13H2,1H3. The molecular formula is C18H20N4O2S. The zero-order valence-corrected chi connectivity index (χ0v) is 14.9. The minimum atomic E-state index is 0.679. The second-order valence-electron chi connectivity index (χ2n) is 5.95. The molecule has 3 aromatic rings. The van der Waals surface area contributed by atoms with Gasteiger partial charge in [-0.15, -0.1) is 11.3 Å². The first-order valence-corrected chi connectivity index (χ1v) is 9.17. The molecule has 0 spiro atoms. The van der Waals surface area contributed by atoms with Crippen molar-refractivity contribution in [2.45, 2.75) is 6.54 Å². The van der Waals surface area contributed by atoms with Crippen molar-refractivity contribution in [3.63, 3.8) is 0 Å². The highest BCUT2D eigenvalue weighted by Crippen LogP contribution is 2.23. The van der Waals surface area contributed by atoms with Gasteiger partial charge in [0.05, 0.1) is 18.5 Å². The third-order valence-electron chi connectivity index (χ3n) is 4.36. The summed E-state index contributed by atoms with van der Waals surface area (Å²) in [5, 5.41) is 6.10. The van der Waals surface area contributed by atoms with Gasteiger partial charge in [0.2, 0.25) is 11.7 Å². The van der Waals surface area contributed by atoms with E-state index in [2.05, 4.69) is 32.1 Å². The predicted octanol–water partition coefficient (Wildman–Crippen LogP) is 3.13. The number of nitrogens with zero attached hydrogens (tertiary/aromatic N) is 4. The Labute approximate surface area is 150 Å². The highest BCUT2D eigenvalue weighted by atomic mass is 32.1. The molecule has 4 rings (SSSR count). The van der Waals surface area contributed by atoms with Crippen molar-refractivity contribution >= 4 is 17.0 Å². The normalized spacial score (nSPS) is 15.5. The Kier molecular flexibility index (Phi) is 4.67. The Balaban J connectivity index is 1.34. The van der Waals surface area contributed by atoms with Crippen molar-refractivity contribution in [3.05, 3.63) is 47.7 Å². The second kappa shape index (κ2) is 7.25. The van der Waals surface area contributed by atoms with E-state index in [1.165, 1.54) is 5.69 Å². The van der Waals surface area contributed by atoms with E-state index in [1.807, 2.05) is 29.6 Å². The topological polar surface area (TPSA) is 54.6 Å². The summed E-state index contributed by atoms with van der Waals surface area (Å²) in [6, 6.07) is 12.2. The molecule has 0 atom stereocenters. The van der Waals surface area contributed by atoms with Gasteiger partial charge in [0.25, 0.3) is 0 Å². The van der Waals surface area contributed by atoms with Crippen LogP contribution in [0.3, 0.4) is 0 Å². The van der Waals surface area contributed by atoms with Crippen LogP contribution in [-0.4, -0.2) is 48.3 Å². The maximum atomic E-state index is 5.41. The van der Waals surface area contributed by atoms with Crippen molar-refractivity contribution in [1.82, 2.24) is 15.0 Å². The molecule has 2 aromatic heterocycles. The summed E-state index contributed by atoms with van der Waals surface area (Å²) in [5.41, 5.74) is 1.21. The molecule has 0 bridgehead atoms. The smallest absolute Gasteiger partial charge is 0.241 e. The largest absolute Gasteiger partial charge is 0.497 e. The number of hydrogen-bond acceptors (Lipinski definition) is 7. The average Bonchev–Trinajstić information content (AvgIpc) is 3.34. The first kappa shape index (κ1) is 16.1. The van der Waals surface area contributed by atoms with E-state index >= 15 is 0 Å². The quantitative estimate of drug-likeness (QED) is 0.700. The number of thiophene rings is 1. The molecular weight excluding hydrogens is 336 g/mol. The number of ether oxygens (including phenoxy) is 1. The van der Waals surface area contributed by atoms with Crippen molar-refractivity contribution in [3.8, 4) is 16.5 Å². The summed E-state index contributed by atoms with van der Waals surface area (Å²) in [4.78, 5) is 10.3. The van der Waals surface area contributed by atoms with Crippen molar-refractivity contribution in [2.24, 2.45) is 0 Å². The van der Waals surface area contributed by atoms with Crippen LogP contribution in [0, 0.1) is 0 Å². The lowest BCUT2D eigenvalue weighted by molar-refractivity contribution is 0.215. The average molecular weight is 356 g/mol. The van der Waals surface area contributed by atoms with Gasteiger partial charge >= 0.3 is 0 Å². The number of aromatic nitrogens is 2. The van der Waals surface area contributed by atoms with Gasteiger partial charge in [-0.05, 0) is 23.6 Å². The molecule has 1 saturated heterocycles. The van der Waals surface area contributed by atoms with Crippen LogP contribution < -0.4 is 9.64 Å². The van der Waals surface area contributed by atoms with E-state index < -0.39 is 0 Å². The van der Waals surface area contributed by atoms with Crippen LogP contribution in [-0.2, 0) is 6.54 Å². The summed E-state index contributed by atoms with van der Waals surface area (Å²) < 4.78 is 10.7. The highest BCUT2D eigenvalue weighted by molar-refractivity contribution is 7.13. The molecule has 1 fully saturated rings. The fourth-order valence-corrected chi connectivity index (χ4v) is 3.64. The molecule has 1 aliphatic heterocycles. The lowest BCUT2D eigenvalue weighted by atomic mass is 10.2. The Bertz CT molecular complexity index is 810. The zero-order valence-electron chi connectivity index (χ0n) is 14.1. The van der Waals surface area contributed by atoms with Crippen molar-refractivity contribution in [2.75, 3.05) is 38.2 Å². The van der Waals surface area contributed by atoms with Gasteiger partial charge in [0.1, 0.15) is 5.75 Å². The molecule has 1 aromatic carbocycles. The van der Waals surface area contributed by atoms with Gasteiger partial charge in [-0.1, -0.05) is 17.3 Å². The van der Waals surface area contributed by atoms with E-state index in [4.69, 9.17) is 9.26 Å². The van der Waals surface area contributed by atoms with Crippen molar-refractivity contribution < 1.29 is 9.26 Å². The predicted molar refractivity (Wildman–Crippen MR) is 98.1 cm³/mol. The molecule has 6 nitrogen and oxygen atoms in total. The number of benzene rings is 1. The van der Waals surface area contributed by atoms with Crippen LogP contribution in [0.4, 0.5) is 5.69 Å². The number of methoxy groups -OCH3 is 1. The van der Waals surface area contributed by atoms with Gasteiger partial charge in [0, 0.05) is 37.9 Å². The van der Waals surface area contributed by atoms with Gasteiger partial charge < -0.3 is 14.2 Å². The van der Waals surface area contributed by atoms with Crippen molar-refractivity contribution in [1.29, 1.82) is 0 Å². The third kappa shape index (κ3) is 3.67. The summed E-state index contributed by atoms with van der Waals surface area (Å²) in [7, 11) is 1.70. The van der Waals surface area contributed by atoms with Gasteiger partial charge in [-0.3, -0.25) is 4.90 Å². The molecule has 0 saturated carbocycles. The van der Waals surface area contributed by atoms with E-state index in [-0.39, 0.29) is 0 Å². The highest BCUT2D eigenvalue weighted by Gasteiger charge is 2.20. The Morgan fingerprint density at radius 3 is 2.80 bits per heavy atom. The van der Waals surface area contributed by atoms with Crippen LogP contribution in [0.25, 0.3) is 10.7 Å². The Hall–Kier alpha value is -2.38. The lowest BCUT2D eigenvalue weighted by Gasteiger charge is -2.35. The van der Waals surface area contributed by atoms with Crippen LogP contribution >= 0.6 is 11.3 Å². The first-order chi connectivity index (χ1) is 12.3. The van der Waals surface area contributed by atoms with E-state index in [9.17, 15) is 0 Å². The maximum absolute atomic E-state index is 5.41. The Morgan fingerprint density at radius 1 is 1.16 bits per heavy atom. The van der Waals surface area contributed by atoms with Crippen LogP contribution in [0.5, 0.6) is 5.75 Å². The SMILES string of the molecule is COc1cccc(N2CCN(Cc3nc(-c4cccs4)no3)CC2)c1. The van der Waals surface area contributed by atoms with Crippen LogP contribution in [0.15, 0.2) is 46.3 Å². The minimum absolute atomic E-state index is 0.679. The summed E-state index contributed by atoms with van der Waals surface area (Å²) in [6.45, 7) is 4.57. The monoisotopic (exact) mass is 356 g/mol. The maximum Gasteiger partial charge on any atom is 0.241 e. The fraction of sp³-hybridized carbons (Fsp3) is 0.333. The van der Waals surface area contributed by atoms with Gasteiger partial charge in [-0.2, -0.15) is 4.98 Å². The zero-order chi connectivity index (χ0) is 17.1. The first-order valence-electron chi connectivity index (χ1n) is 8.29. The van der Waals surface area contributed by atoms with Crippen LogP contribution in [0.1, 0.15) is 5.89 Å². The molecule has 25 heavy (non-hydrogen) atoms. The number of rotatable bonds is 5. The van der Waals surface area contributed by atoms with E-state index in [0.717, 1.165) is 36.8 Å².